The molecule has 0 radical (unpaired) electrons. The minimum atomic E-state index is -0.0982. The first-order chi connectivity index (χ1) is 7.40. The number of benzene rings is 1. The van der Waals surface area contributed by atoms with Gasteiger partial charge in [-0.2, -0.15) is 5.26 Å². The molecule has 4 heteroatoms. The Morgan fingerprint density at radius 3 is 2.93 bits per heavy atom. The second-order valence-electron chi connectivity index (χ2n) is 3.52. The predicted octanol–water partition coefficient (Wildman–Crippen LogP) is 0.811. The maximum absolute atomic E-state index is 8.97. The van der Waals surface area contributed by atoms with Crippen LogP contribution in [0.25, 0.3) is 0 Å². The highest BCUT2D eigenvalue weighted by Crippen LogP contribution is 2.09. The number of hydrogen-bond donors (Lipinski definition) is 2. The van der Waals surface area contributed by atoms with E-state index in [4.69, 9.17) is 5.26 Å². The van der Waals surface area contributed by atoms with Crippen LogP contribution in [-0.2, 0) is 0 Å². The lowest BCUT2D eigenvalue weighted by Crippen LogP contribution is -2.52. The number of anilines is 1. The van der Waals surface area contributed by atoms with Gasteiger partial charge in [-0.25, -0.2) is 5.01 Å². The molecule has 2 N–H and O–H groups in total. The van der Waals surface area contributed by atoms with E-state index in [0.717, 1.165) is 25.3 Å². The quantitative estimate of drug-likeness (QED) is 0.745. The van der Waals surface area contributed by atoms with Gasteiger partial charge < -0.3 is 10.7 Å². The van der Waals surface area contributed by atoms with E-state index in [1.54, 1.807) is 0 Å². The maximum atomic E-state index is 8.97. The SMILES string of the molecule is N#C[C@@H]1CNCCN1Nc1ccccc1. The first-order valence-electron chi connectivity index (χ1n) is 5.09. The Hall–Kier alpha value is -1.57. The molecule has 0 aromatic heterocycles. The van der Waals surface area contributed by atoms with Crippen molar-refractivity contribution in [3.8, 4) is 6.07 Å². The van der Waals surface area contributed by atoms with Crippen LogP contribution >= 0.6 is 0 Å². The molecule has 0 amide bonds. The molecule has 1 heterocycles. The van der Waals surface area contributed by atoms with Crippen molar-refractivity contribution >= 4 is 5.69 Å². The molecule has 4 nitrogen and oxygen atoms in total. The summed E-state index contributed by atoms with van der Waals surface area (Å²) in [5, 5.41) is 14.1. The van der Waals surface area contributed by atoms with Crippen LogP contribution in [0.5, 0.6) is 0 Å². The van der Waals surface area contributed by atoms with Crippen LogP contribution in [0, 0.1) is 11.3 Å². The Bertz CT molecular complexity index is 343. The second-order valence-corrected chi connectivity index (χ2v) is 3.52. The normalized spacial score (nSPS) is 21.9. The molecule has 1 atom stereocenters. The molecular formula is C11H14N4. The van der Waals surface area contributed by atoms with Gasteiger partial charge in [0.15, 0.2) is 0 Å². The molecule has 0 unspecified atom stereocenters. The zero-order valence-corrected chi connectivity index (χ0v) is 8.48. The molecule has 0 spiro atoms. The summed E-state index contributed by atoms with van der Waals surface area (Å²) in [6.07, 6.45) is 0. The molecule has 1 fully saturated rings. The fraction of sp³-hybridized carbons (Fsp3) is 0.364. The molecule has 0 saturated carbocycles. The molecule has 1 aliphatic rings. The molecule has 78 valence electrons. The van der Waals surface area contributed by atoms with Crippen molar-refractivity contribution < 1.29 is 0 Å². The number of piperazine rings is 1. The van der Waals surface area contributed by atoms with Gasteiger partial charge in [0.25, 0.3) is 0 Å². The van der Waals surface area contributed by atoms with Crippen molar-refractivity contribution in [3.05, 3.63) is 30.3 Å². The second kappa shape index (κ2) is 4.78. The molecular weight excluding hydrogens is 188 g/mol. The van der Waals surface area contributed by atoms with E-state index >= 15 is 0 Å². The largest absolute Gasteiger partial charge is 0.318 e. The summed E-state index contributed by atoms with van der Waals surface area (Å²) in [6.45, 7) is 2.47. The van der Waals surface area contributed by atoms with Gasteiger partial charge in [0.2, 0.25) is 0 Å². The van der Waals surface area contributed by atoms with E-state index in [0.29, 0.717) is 0 Å². The monoisotopic (exact) mass is 202 g/mol. The van der Waals surface area contributed by atoms with Crippen LogP contribution in [0.15, 0.2) is 30.3 Å². The highest BCUT2D eigenvalue weighted by atomic mass is 15.5. The molecule has 2 rings (SSSR count). The molecule has 0 aliphatic carbocycles. The van der Waals surface area contributed by atoms with Gasteiger partial charge in [-0.05, 0) is 12.1 Å². The van der Waals surface area contributed by atoms with Crippen molar-refractivity contribution in [1.29, 1.82) is 5.26 Å². The fourth-order valence-electron chi connectivity index (χ4n) is 1.63. The first-order valence-corrected chi connectivity index (χ1v) is 5.09. The third-order valence-electron chi connectivity index (χ3n) is 2.44. The van der Waals surface area contributed by atoms with Gasteiger partial charge in [-0.1, -0.05) is 18.2 Å². The van der Waals surface area contributed by atoms with Gasteiger partial charge >= 0.3 is 0 Å². The van der Waals surface area contributed by atoms with Crippen LogP contribution in [0.2, 0.25) is 0 Å². The standard InChI is InChI=1S/C11H14N4/c12-8-11-9-13-6-7-15(11)14-10-4-2-1-3-5-10/h1-5,11,13-14H,6-7,9H2/t11-/m1/s1. The molecule has 0 bridgehead atoms. The Kier molecular flexibility index (Phi) is 3.18. The van der Waals surface area contributed by atoms with E-state index in [1.165, 1.54) is 0 Å². The van der Waals surface area contributed by atoms with Crippen LogP contribution in [0.1, 0.15) is 0 Å². The zero-order valence-electron chi connectivity index (χ0n) is 8.48. The van der Waals surface area contributed by atoms with Crippen LogP contribution < -0.4 is 10.7 Å². The van der Waals surface area contributed by atoms with Crippen molar-refractivity contribution in [2.75, 3.05) is 25.1 Å². The average molecular weight is 202 g/mol. The summed E-state index contributed by atoms with van der Waals surface area (Å²) in [7, 11) is 0. The Morgan fingerprint density at radius 2 is 2.20 bits per heavy atom. The van der Waals surface area contributed by atoms with Gasteiger partial charge in [-0.3, -0.25) is 0 Å². The highest BCUT2D eigenvalue weighted by Gasteiger charge is 2.21. The third-order valence-corrected chi connectivity index (χ3v) is 2.44. The lowest BCUT2D eigenvalue weighted by molar-refractivity contribution is 0.238. The van der Waals surface area contributed by atoms with E-state index in [1.807, 2.05) is 35.3 Å². The summed E-state index contributed by atoms with van der Waals surface area (Å²) in [6, 6.07) is 12.1. The number of para-hydroxylation sites is 1. The van der Waals surface area contributed by atoms with Crippen molar-refractivity contribution in [2.45, 2.75) is 6.04 Å². The van der Waals surface area contributed by atoms with Crippen molar-refractivity contribution in [1.82, 2.24) is 10.3 Å². The van der Waals surface area contributed by atoms with Gasteiger partial charge in [0.1, 0.15) is 6.04 Å². The van der Waals surface area contributed by atoms with E-state index in [-0.39, 0.29) is 6.04 Å². The van der Waals surface area contributed by atoms with Gasteiger partial charge in [0.05, 0.1) is 6.07 Å². The molecule has 1 aromatic carbocycles. The average Bonchev–Trinajstić information content (AvgIpc) is 2.31. The van der Waals surface area contributed by atoms with Gasteiger partial charge in [0, 0.05) is 25.3 Å². The molecule has 15 heavy (non-hydrogen) atoms. The minimum absolute atomic E-state index is 0.0982. The topological polar surface area (TPSA) is 51.1 Å². The van der Waals surface area contributed by atoms with E-state index < -0.39 is 0 Å². The van der Waals surface area contributed by atoms with Crippen LogP contribution in [-0.4, -0.2) is 30.7 Å². The van der Waals surface area contributed by atoms with Crippen LogP contribution in [0.3, 0.4) is 0 Å². The smallest absolute Gasteiger partial charge is 0.128 e. The summed E-state index contributed by atoms with van der Waals surface area (Å²) in [5.74, 6) is 0. The highest BCUT2D eigenvalue weighted by molar-refractivity contribution is 5.41. The van der Waals surface area contributed by atoms with Gasteiger partial charge in [-0.15, -0.1) is 0 Å². The molecule has 1 aliphatic heterocycles. The lowest BCUT2D eigenvalue weighted by atomic mass is 10.2. The molecule has 1 saturated heterocycles. The van der Waals surface area contributed by atoms with E-state index in [2.05, 4.69) is 16.8 Å². The number of nitriles is 1. The Balaban J connectivity index is 2.01. The van der Waals surface area contributed by atoms with Crippen molar-refractivity contribution in [2.24, 2.45) is 0 Å². The Labute approximate surface area is 89.5 Å². The number of nitrogens with zero attached hydrogens (tertiary/aromatic N) is 2. The number of hydrogen-bond acceptors (Lipinski definition) is 4. The van der Waals surface area contributed by atoms with Crippen LogP contribution in [0.4, 0.5) is 5.69 Å². The van der Waals surface area contributed by atoms with Crippen molar-refractivity contribution in [3.63, 3.8) is 0 Å². The first kappa shape index (κ1) is 9.97. The Morgan fingerprint density at radius 1 is 1.40 bits per heavy atom. The summed E-state index contributed by atoms with van der Waals surface area (Å²) in [4.78, 5) is 0. The maximum Gasteiger partial charge on any atom is 0.128 e. The summed E-state index contributed by atoms with van der Waals surface area (Å²) < 4.78 is 0. The number of hydrazine groups is 1. The lowest BCUT2D eigenvalue weighted by Gasteiger charge is -2.32. The minimum Gasteiger partial charge on any atom is -0.318 e. The number of nitrogens with one attached hydrogen (secondary N) is 2. The fourth-order valence-corrected chi connectivity index (χ4v) is 1.63. The predicted molar refractivity (Wildman–Crippen MR) is 59.0 cm³/mol. The van der Waals surface area contributed by atoms with E-state index in [9.17, 15) is 0 Å². The third kappa shape index (κ3) is 2.46. The summed E-state index contributed by atoms with van der Waals surface area (Å²) >= 11 is 0. The molecule has 1 aromatic rings. The zero-order chi connectivity index (χ0) is 10.5. The number of rotatable bonds is 2. The summed E-state index contributed by atoms with van der Waals surface area (Å²) in [5.41, 5.74) is 4.28.